The van der Waals surface area contributed by atoms with Crippen LogP contribution in [0.3, 0.4) is 0 Å². The Kier molecular flexibility index (Phi) is 6.40. The lowest BCUT2D eigenvalue weighted by atomic mass is 9.96. The van der Waals surface area contributed by atoms with Crippen LogP contribution < -0.4 is 16.0 Å². The molecular weight excluding hydrogens is 420 g/mol. The number of hydrogen-bond donors (Lipinski definition) is 2. The van der Waals surface area contributed by atoms with Gasteiger partial charge in [-0.15, -0.1) is 0 Å². The highest BCUT2D eigenvalue weighted by Gasteiger charge is 2.28. The predicted octanol–water partition coefficient (Wildman–Crippen LogP) is 5.02. The molecule has 0 amide bonds. The van der Waals surface area contributed by atoms with Crippen LogP contribution in [0.15, 0.2) is 91.3 Å². The maximum Gasteiger partial charge on any atom is 0.159 e. The summed E-state index contributed by atoms with van der Waals surface area (Å²) in [5.74, 6) is 1.43. The molecule has 5 rings (SSSR count). The van der Waals surface area contributed by atoms with E-state index in [1.165, 1.54) is 16.7 Å². The van der Waals surface area contributed by atoms with Gasteiger partial charge in [0.25, 0.3) is 0 Å². The highest BCUT2D eigenvalue weighted by atomic mass is 15.3. The van der Waals surface area contributed by atoms with Gasteiger partial charge in [0.2, 0.25) is 0 Å². The van der Waals surface area contributed by atoms with Crippen LogP contribution in [0, 0.1) is 6.92 Å². The zero-order valence-corrected chi connectivity index (χ0v) is 19.4. The second-order valence-corrected chi connectivity index (χ2v) is 8.70. The van der Waals surface area contributed by atoms with Crippen LogP contribution in [-0.4, -0.2) is 41.0 Å². The fourth-order valence-electron chi connectivity index (χ4n) is 4.59. The third-order valence-electron chi connectivity index (χ3n) is 6.39. The highest BCUT2D eigenvalue weighted by Crippen LogP contribution is 2.32. The largest absolute Gasteiger partial charge is 0.393 e. The van der Waals surface area contributed by atoms with E-state index < -0.39 is 0 Å². The molecule has 6 heteroatoms. The quantitative estimate of drug-likeness (QED) is 0.430. The van der Waals surface area contributed by atoms with Crippen molar-refractivity contribution in [1.82, 2.24) is 14.9 Å². The average molecular weight is 451 g/mol. The number of nitrogens with two attached hydrogens (primary N) is 1. The molecule has 2 heterocycles. The lowest BCUT2D eigenvalue weighted by Crippen LogP contribution is -2.48. The lowest BCUT2D eigenvalue weighted by Gasteiger charge is -2.40. The molecule has 1 aliphatic heterocycles. The smallest absolute Gasteiger partial charge is 0.159 e. The number of rotatable bonds is 6. The zero-order valence-electron chi connectivity index (χ0n) is 19.4. The van der Waals surface area contributed by atoms with Gasteiger partial charge in [0.05, 0.1) is 6.04 Å². The first-order valence-corrected chi connectivity index (χ1v) is 11.7. The van der Waals surface area contributed by atoms with E-state index in [-0.39, 0.29) is 6.04 Å². The normalized spacial score (nSPS) is 14.4. The van der Waals surface area contributed by atoms with Gasteiger partial charge >= 0.3 is 0 Å². The molecule has 0 radical (unpaired) electrons. The maximum absolute atomic E-state index is 6.53. The number of anilines is 4. The number of aryl methyl sites for hydroxylation is 1. The number of nitrogens with one attached hydrogen (secondary N) is 1. The van der Waals surface area contributed by atoms with Crippen molar-refractivity contribution in [2.24, 2.45) is 0 Å². The number of nitrogen functional groups attached to an aromatic ring is 1. The van der Waals surface area contributed by atoms with Gasteiger partial charge in [-0.2, -0.15) is 0 Å². The minimum absolute atomic E-state index is 0.228. The van der Waals surface area contributed by atoms with Gasteiger partial charge in [-0.1, -0.05) is 78.4 Å². The second kappa shape index (κ2) is 9.93. The van der Waals surface area contributed by atoms with Crippen molar-refractivity contribution in [2.45, 2.75) is 13.0 Å². The van der Waals surface area contributed by atoms with E-state index in [0.717, 1.165) is 37.7 Å². The van der Waals surface area contributed by atoms with Crippen molar-refractivity contribution < 1.29 is 0 Å². The first-order chi connectivity index (χ1) is 16.7. The third-order valence-corrected chi connectivity index (χ3v) is 6.39. The number of aromatic nitrogens is 2. The Balaban J connectivity index is 1.33. The summed E-state index contributed by atoms with van der Waals surface area (Å²) in [7, 11) is 0. The fourth-order valence-corrected chi connectivity index (χ4v) is 4.59. The second-order valence-electron chi connectivity index (χ2n) is 8.70. The molecule has 1 aliphatic rings. The molecule has 0 spiro atoms. The zero-order chi connectivity index (χ0) is 23.3. The monoisotopic (exact) mass is 450 g/mol. The van der Waals surface area contributed by atoms with Gasteiger partial charge in [-0.05, 0) is 30.2 Å². The summed E-state index contributed by atoms with van der Waals surface area (Å²) in [5, 5.41) is 3.34. The first-order valence-electron chi connectivity index (χ1n) is 11.7. The van der Waals surface area contributed by atoms with Crippen molar-refractivity contribution in [2.75, 3.05) is 42.1 Å². The SMILES string of the molecule is Cc1ccc(Nc2ncnc(N3CCN(C(c4ccccc4)c4ccccc4)CC3)c2N)cc1. The summed E-state index contributed by atoms with van der Waals surface area (Å²) >= 11 is 0. The molecule has 1 aromatic heterocycles. The predicted molar refractivity (Wildman–Crippen MR) is 139 cm³/mol. The van der Waals surface area contributed by atoms with Crippen LogP contribution >= 0.6 is 0 Å². The summed E-state index contributed by atoms with van der Waals surface area (Å²) in [6, 6.07) is 29.9. The molecule has 0 saturated carbocycles. The van der Waals surface area contributed by atoms with Gasteiger partial charge < -0.3 is 16.0 Å². The Bertz CT molecular complexity index is 1160. The Morgan fingerprint density at radius 2 is 1.35 bits per heavy atom. The Morgan fingerprint density at radius 1 is 0.765 bits per heavy atom. The molecule has 3 N–H and O–H groups in total. The maximum atomic E-state index is 6.53. The van der Waals surface area contributed by atoms with Gasteiger partial charge in [0, 0.05) is 31.9 Å². The van der Waals surface area contributed by atoms with Crippen molar-refractivity contribution >= 4 is 23.0 Å². The first kappa shape index (κ1) is 21.9. The van der Waals surface area contributed by atoms with Crippen molar-refractivity contribution in [3.8, 4) is 0 Å². The van der Waals surface area contributed by atoms with E-state index in [4.69, 9.17) is 5.73 Å². The van der Waals surface area contributed by atoms with E-state index >= 15 is 0 Å². The van der Waals surface area contributed by atoms with Crippen LogP contribution in [0.5, 0.6) is 0 Å². The van der Waals surface area contributed by atoms with Crippen LogP contribution in [0.1, 0.15) is 22.7 Å². The molecule has 0 atom stereocenters. The lowest BCUT2D eigenvalue weighted by molar-refractivity contribution is 0.212. The van der Waals surface area contributed by atoms with Gasteiger partial charge in [0.1, 0.15) is 12.0 Å². The van der Waals surface area contributed by atoms with Crippen LogP contribution in [-0.2, 0) is 0 Å². The summed E-state index contributed by atoms with van der Waals surface area (Å²) in [4.78, 5) is 13.7. The van der Waals surface area contributed by atoms with Crippen LogP contribution in [0.2, 0.25) is 0 Å². The summed E-state index contributed by atoms with van der Waals surface area (Å²) in [6.45, 7) is 5.60. The van der Waals surface area contributed by atoms with E-state index in [9.17, 15) is 0 Å². The summed E-state index contributed by atoms with van der Waals surface area (Å²) in [5.41, 5.74) is 11.9. The molecule has 1 saturated heterocycles. The van der Waals surface area contributed by atoms with Crippen LogP contribution in [0.25, 0.3) is 0 Å². The molecule has 0 unspecified atom stereocenters. The van der Waals surface area contributed by atoms with E-state index in [1.54, 1.807) is 6.33 Å². The molecule has 6 nitrogen and oxygen atoms in total. The van der Waals surface area contributed by atoms with E-state index in [2.05, 4.69) is 105 Å². The molecular formula is C28H30N6. The number of hydrogen-bond acceptors (Lipinski definition) is 6. The standard InChI is InChI=1S/C28H30N6/c1-21-12-14-24(15-13-21)32-27-25(29)28(31-20-30-27)34-18-16-33(17-19-34)26(22-8-4-2-5-9-22)23-10-6-3-7-11-23/h2-15,20,26H,16-19,29H2,1H3,(H,30,31,32). The molecule has 4 aromatic rings. The van der Waals surface area contributed by atoms with Gasteiger partial charge in [-0.3, -0.25) is 4.90 Å². The third kappa shape index (κ3) is 4.72. The van der Waals surface area contributed by atoms with Crippen molar-refractivity contribution in [1.29, 1.82) is 0 Å². The number of nitrogens with zero attached hydrogens (tertiary/aromatic N) is 4. The topological polar surface area (TPSA) is 70.3 Å². The van der Waals surface area contributed by atoms with Gasteiger partial charge in [-0.25, -0.2) is 9.97 Å². The minimum atomic E-state index is 0.228. The molecule has 34 heavy (non-hydrogen) atoms. The summed E-state index contributed by atoms with van der Waals surface area (Å²) < 4.78 is 0. The number of piperazine rings is 1. The van der Waals surface area contributed by atoms with E-state index in [1.807, 2.05) is 12.1 Å². The Hall–Kier alpha value is -3.90. The Morgan fingerprint density at radius 3 is 1.94 bits per heavy atom. The number of benzene rings is 3. The molecule has 1 fully saturated rings. The van der Waals surface area contributed by atoms with Crippen molar-refractivity contribution in [3.05, 3.63) is 108 Å². The van der Waals surface area contributed by atoms with E-state index in [0.29, 0.717) is 11.5 Å². The average Bonchev–Trinajstić information content (AvgIpc) is 2.89. The highest BCUT2D eigenvalue weighted by molar-refractivity contribution is 5.78. The molecule has 3 aromatic carbocycles. The molecule has 172 valence electrons. The fraction of sp³-hybridized carbons (Fsp3) is 0.214. The molecule has 0 bridgehead atoms. The van der Waals surface area contributed by atoms with Crippen LogP contribution in [0.4, 0.5) is 23.0 Å². The Labute approximate surface area is 201 Å². The molecule has 0 aliphatic carbocycles. The minimum Gasteiger partial charge on any atom is -0.393 e. The van der Waals surface area contributed by atoms with Crippen molar-refractivity contribution in [3.63, 3.8) is 0 Å². The summed E-state index contributed by atoms with van der Waals surface area (Å²) in [6.07, 6.45) is 1.59. The van der Waals surface area contributed by atoms with Gasteiger partial charge in [0.15, 0.2) is 11.6 Å².